The predicted octanol–water partition coefficient (Wildman–Crippen LogP) is 5.83. The van der Waals surface area contributed by atoms with E-state index in [4.69, 9.17) is 4.74 Å². The lowest BCUT2D eigenvalue weighted by atomic mass is 10.1. The summed E-state index contributed by atoms with van der Waals surface area (Å²) in [4.78, 5) is 14.5. The minimum Gasteiger partial charge on any atom is -0.494 e. The van der Waals surface area contributed by atoms with Crippen molar-refractivity contribution in [3.63, 3.8) is 0 Å². The van der Waals surface area contributed by atoms with Crippen molar-refractivity contribution < 1.29 is 9.53 Å². The Balaban J connectivity index is 1.92. The topological polar surface area (TPSA) is 26.3 Å². The molecular formula is C20H24O2S. The predicted molar refractivity (Wildman–Crippen MR) is 98.6 cm³/mol. The van der Waals surface area contributed by atoms with Crippen molar-refractivity contribution in [2.24, 2.45) is 0 Å². The number of thiophene rings is 1. The number of ether oxygens (including phenoxy) is 1. The number of carbonyl (C=O) groups excluding carboxylic acids is 1. The highest BCUT2D eigenvalue weighted by molar-refractivity contribution is 7.12. The molecule has 2 nitrogen and oxygen atoms in total. The maximum Gasteiger partial charge on any atom is 0.186 e. The Labute approximate surface area is 142 Å². The SMILES string of the molecule is CCCCCOc1ccc(/C=C/C(=O)c2cc(C)sc2C)cc1. The number of aryl methyl sites for hydroxylation is 2. The molecule has 0 aliphatic rings. The van der Waals surface area contributed by atoms with Crippen LogP contribution in [0.3, 0.4) is 0 Å². The number of rotatable bonds is 8. The van der Waals surface area contributed by atoms with Gasteiger partial charge in [0.05, 0.1) is 6.61 Å². The smallest absolute Gasteiger partial charge is 0.186 e. The molecule has 0 aliphatic carbocycles. The molecule has 1 heterocycles. The van der Waals surface area contributed by atoms with Crippen molar-refractivity contribution in [1.29, 1.82) is 0 Å². The molecule has 0 fully saturated rings. The molecule has 1 aromatic carbocycles. The summed E-state index contributed by atoms with van der Waals surface area (Å²) < 4.78 is 5.69. The van der Waals surface area contributed by atoms with Crippen LogP contribution in [0.15, 0.2) is 36.4 Å². The van der Waals surface area contributed by atoms with Crippen molar-refractivity contribution in [3.05, 3.63) is 57.3 Å². The molecule has 0 bridgehead atoms. The Morgan fingerprint density at radius 1 is 1.17 bits per heavy atom. The second-order valence-corrected chi connectivity index (χ2v) is 7.11. The zero-order valence-electron chi connectivity index (χ0n) is 14.1. The highest BCUT2D eigenvalue weighted by atomic mass is 32.1. The number of ketones is 1. The minimum atomic E-state index is 0.0618. The van der Waals surface area contributed by atoms with Crippen LogP contribution in [0, 0.1) is 13.8 Å². The van der Waals surface area contributed by atoms with Gasteiger partial charge < -0.3 is 4.74 Å². The second kappa shape index (κ2) is 8.68. The lowest BCUT2D eigenvalue weighted by Gasteiger charge is -2.05. The maximum absolute atomic E-state index is 12.2. The number of hydrogen-bond donors (Lipinski definition) is 0. The van der Waals surface area contributed by atoms with Gasteiger partial charge in [-0.25, -0.2) is 0 Å². The molecule has 0 unspecified atom stereocenters. The molecule has 0 atom stereocenters. The average Bonchev–Trinajstić information content (AvgIpc) is 2.89. The lowest BCUT2D eigenvalue weighted by molar-refractivity contribution is 0.104. The van der Waals surface area contributed by atoms with Crippen LogP contribution in [0.2, 0.25) is 0 Å². The van der Waals surface area contributed by atoms with Gasteiger partial charge in [0.15, 0.2) is 5.78 Å². The third kappa shape index (κ3) is 5.36. The van der Waals surface area contributed by atoms with Gasteiger partial charge in [-0.05, 0) is 50.1 Å². The van der Waals surface area contributed by atoms with Crippen LogP contribution in [-0.4, -0.2) is 12.4 Å². The van der Waals surface area contributed by atoms with Gasteiger partial charge in [0, 0.05) is 15.3 Å². The molecule has 2 rings (SSSR count). The summed E-state index contributed by atoms with van der Waals surface area (Å²) in [6.45, 7) is 6.96. The molecule has 1 aromatic heterocycles. The van der Waals surface area contributed by atoms with Crippen molar-refractivity contribution in [3.8, 4) is 5.75 Å². The standard InChI is InChI=1S/C20H24O2S/c1-4-5-6-13-22-18-10-7-17(8-11-18)9-12-20(21)19-14-15(2)23-16(19)3/h7-12,14H,4-6,13H2,1-3H3/b12-9+. The molecule has 0 amide bonds. The molecule has 23 heavy (non-hydrogen) atoms. The van der Waals surface area contributed by atoms with Crippen LogP contribution in [-0.2, 0) is 0 Å². The van der Waals surface area contributed by atoms with E-state index in [-0.39, 0.29) is 5.78 Å². The second-order valence-electron chi connectivity index (χ2n) is 5.65. The van der Waals surface area contributed by atoms with Gasteiger partial charge in [-0.1, -0.05) is 38.0 Å². The molecule has 3 heteroatoms. The summed E-state index contributed by atoms with van der Waals surface area (Å²) in [6.07, 6.45) is 6.99. The van der Waals surface area contributed by atoms with E-state index in [0.717, 1.165) is 34.8 Å². The minimum absolute atomic E-state index is 0.0618. The van der Waals surface area contributed by atoms with E-state index in [0.29, 0.717) is 0 Å². The van der Waals surface area contributed by atoms with Gasteiger partial charge in [-0.2, -0.15) is 0 Å². The molecule has 0 saturated heterocycles. The van der Waals surface area contributed by atoms with Gasteiger partial charge in [-0.15, -0.1) is 11.3 Å². The Bertz CT molecular complexity index is 665. The van der Waals surface area contributed by atoms with Crippen LogP contribution in [0.5, 0.6) is 5.75 Å². The first-order valence-corrected chi connectivity index (χ1v) is 8.94. The molecule has 0 saturated carbocycles. The largest absolute Gasteiger partial charge is 0.494 e. The van der Waals surface area contributed by atoms with E-state index in [9.17, 15) is 4.79 Å². The first-order valence-electron chi connectivity index (χ1n) is 8.12. The Morgan fingerprint density at radius 3 is 2.52 bits per heavy atom. The Morgan fingerprint density at radius 2 is 1.91 bits per heavy atom. The van der Waals surface area contributed by atoms with Crippen molar-refractivity contribution in [2.45, 2.75) is 40.0 Å². The van der Waals surface area contributed by atoms with E-state index in [2.05, 4.69) is 6.92 Å². The Kier molecular flexibility index (Phi) is 6.60. The van der Waals surface area contributed by atoms with Gasteiger partial charge in [0.25, 0.3) is 0 Å². The summed E-state index contributed by atoms with van der Waals surface area (Å²) in [5.41, 5.74) is 1.81. The van der Waals surface area contributed by atoms with Crippen molar-refractivity contribution >= 4 is 23.2 Å². The fourth-order valence-corrected chi connectivity index (χ4v) is 3.28. The molecular weight excluding hydrogens is 304 g/mol. The summed E-state index contributed by atoms with van der Waals surface area (Å²) >= 11 is 1.66. The third-order valence-corrected chi connectivity index (χ3v) is 4.60. The fourth-order valence-electron chi connectivity index (χ4n) is 2.35. The lowest BCUT2D eigenvalue weighted by Crippen LogP contribution is -1.96. The zero-order valence-corrected chi connectivity index (χ0v) is 14.9. The fraction of sp³-hybridized carbons (Fsp3) is 0.350. The molecule has 2 aromatic rings. The van der Waals surface area contributed by atoms with Crippen LogP contribution < -0.4 is 4.74 Å². The molecule has 122 valence electrons. The summed E-state index contributed by atoms with van der Waals surface area (Å²) in [5, 5.41) is 0. The van der Waals surface area contributed by atoms with Crippen LogP contribution >= 0.6 is 11.3 Å². The summed E-state index contributed by atoms with van der Waals surface area (Å²) in [7, 11) is 0. The first kappa shape index (κ1) is 17.5. The number of unbranched alkanes of at least 4 members (excludes halogenated alkanes) is 2. The van der Waals surface area contributed by atoms with Crippen molar-refractivity contribution in [2.75, 3.05) is 6.61 Å². The highest BCUT2D eigenvalue weighted by Gasteiger charge is 2.08. The van der Waals surface area contributed by atoms with E-state index in [1.54, 1.807) is 17.4 Å². The van der Waals surface area contributed by atoms with Gasteiger partial charge in [-0.3, -0.25) is 4.79 Å². The van der Waals surface area contributed by atoms with Gasteiger partial charge in [0.2, 0.25) is 0 Å². The number of hydrogen-bond acceptors (Lipinski definition) is 3. The first-order chi connectivity index (χ1) is 11.1. The van der Waals surface area contributed by atoms with E-state index < -0.39 is 0 Å². The number of benzene rings is 1. The van der Waals surface area contributed by atoms with Crippen LogP contribution in [0.25, 0.3) is 6.08 Å². The molecule has 0 aliphatic heterocycles. The normalized spacial score (nSPS) is 11.1. The molecule has 0 N–H and O–H groups in total. The van der Waals surface area contributed by atoms with Crippen molar-refractivity contribution in [1.82, 2.24) is 0 Å². The quantitative estimate of drug-likeness (QED) is 0.346. The molecule has 0 spiro atoms. The van der Waals surface area contributed by atoms with E-state index in [1.165, 1.54) is 17.7 Å². The number of allylic oxidation sites excluding steroid dienone is 1. The van der Waals surface area contributed by atoms with Crippen LogP contribution in [0.4, 0.5) is 0 Å². The van der Waals surface area contributed by atoms with Crippen LogP contribution in [0.1, 0.15) is 51.9 Å². The zero-order chi connectivity index (χ0) is 16.7. The molecule has 0 radical (unpaired) electrons. The van der Waals surface area contributed by atoms with E-state index in [1.807, 2.05) is 50.3 Å². The summed E-state index contributed by atoms with van der Waals surface area (Å²) in [6, 6.07) is 9.82. The van der Waals surface area contributed by atoms with Gasteiger partial charge in [0.1, 0.15) is 5.75 Å². The third-order valence-electron chi connectivity index (χ3n) is 3.63. The van der Waals surface area contributed by atoms with Gasteiger partial charge >= 0.3 is 0 Å². The Hall–Kier alpha value is -1.87. The number of carbonyl (C=O) groups is 1. The summed E-state index contributed by atoms with van der Waals surface area (Å²) in [5.74, 6) is 0.945. The average molecular weight is 328 g/mol. The monoisotopic (exact) mass is 328 g/mol. The van der Waals surface area contributed by atoms with E-state index >= 15 is 0 Å². The maximum atomic E-state index is 12.2. The highest BCUT2D eigenvalue weighted by Crippen LogP contribution is 2.21.